The number of oxazole rings is 1. The van der Waals surface area contributed by atoms with E-state index in [1.165, 1.54) is 11.3 Å². The molecule has 2 heterocycles. The van der Waals surface area contributed by atoms with Crippen LogP contribution in [0.15, 0.2) is 22.6 Å². The van der Waals surface area contributed by atoms with Crippen molar-refractivity contribution in [1.82, 2.24) is 9.97 Å². The summed E-state index contributed by atoms with van der Waals surface area (Å²) in [4.78, 5) is 8.73. The number of thiazole rings is 1. The number of hydrogen-bond acceptors (Lipinski definition) is 4. The molecule has 0 aliphatic rings. The van der Waals surface area contributed by atoms with Crippen LogP contribution in [0.5, 0.6) is 0 Å². The number of fused-ring (bicyclic) bond motifs is 1. The smallest absolute Gasteiger partial charge is 0.192 e. The molecule has 0 N–H and O–H groups in total. The molecule has 5 heteroatoms. The summed E-state index contributed by atoms with van der Waals surface area (Å²) < 4.78 is 6.17. The van der Waals surface area contributed by atoms with Crippen LogP contribution < -0.4 is 0 Å². The van der Waals surface area contributed by atoms with E-state index in [2.05, 4.69) is 9.97 Å². The summed E-state index contributed by atoms with van der Waals surface area (Å²) in [5.41, 5.74) is 3.53. The summed E-state index contributed by atoms with van der Waals surface area (Å²) >= 11 is 7.50. The normalized spacial score (nSPS) is 11.2. The number of hydrogen-bond donors (Lipinski definition) is 0. The summed E-state index contributed by atoms with van der Waals surface area (Å²) in [5.74, 6) is 0.672. The summed E-state index contributed by atoms with van der Waals surface area (Å²) in [6.45, 7) is 3.74. The average molecular weight is 265 g/mol. The standard InChI is InChI=1S/C12H9ClN2OS/c1-6-11(13)17-12(14-6)8-3-4-10-9(5-8)15-7(2)16-10/h3-5H,1-2H3. The molecule has 0 saturated carbocycles. The van der Waals surface area contributed by atoms with E-state index >= 15 is 0 Å². The maximum atomic E-state index is 6.02. The maximum absolute atomic E-state index is 6.02. The topological polar surface area (TPSA) is 38.9 Å². The van der Waals surface area contributed by atoms with E-state index in [9.17, 15) is 0 Å². The van der Waals surface area contributed by atoms with Crippen molar-refractivity contribution in [3.63, 3.8) is 0 Å². The van der Waals surface area contributed by atoms with Crippen LogP contribution in [-0.2, 0) is 0 Å². The van der Waals surface area contributed by atoms with Crippen LogP contribution in [0.3, 0.4) is 0 Å². The van der Waals surface area contributed by atoms with E-state index < -0.39 is 0 Å². The van der Waals surface area contributed by atoms with Crippen molar-refractivity contribution >= 4 is 34.0 Å². The molecule has 0 saturated heterocycles. The first-order valence-corrected chi connectivity index (χ1v) is 6.33. The quantitative estimate of drug-likeness (QED) is 0.660. The highest BCUT2D eigenvalue weighted by Gasteiger charge is 2.10. The highest BCUT2D eigenvalue weighted by atomic mass is 35.5. The Balaban J connectivity index is 2.16. The van der Waals surface area contributed by atoms with Gasteiger partial charge in [0.2, 0.25) is 0 Å². The van der Waals surface area contributed by atoms with Crippen molar-refractivity contribution < 1.29 is 4.42 Å². The molecule has 0 fully saturated rings. The molecule has 0 radical (unpaired) electrons. The van der Waals surface area contributed by atoms with Gasteiger partial charge in [0, 0.05) is 12.5 Å². The van der Waals surface area contributed by atoms with E-state index in [1.807, 2.05) is 32.0 Å². The van der Waals surface area contributed by atoms with Gasteiger partial charge in [-0.1, -0.05) is 11.6 Å². The lowest BCUT2D eigenvalue weighted by Crippen LogP contribution is -1.77. The van der Waals surface area contributed by atoms with E-state index in [0.717, 1.165) is 31.7 Å². The molecule has 3 aromatic rings. The minimum atomic E-state index is 0.672. The molecule has 17 heavy (non-hydrogen) atoms. The molecule has 86 valence electrons. The highest BCUT2D eigenvalue weighted by molar-refractivity contribution is 7.19. The zero-order chi connectivity index (χ0) is 12.0. The molecule has 0 amide bonds. The van der Waals surface area contributed by atoms with Gasteiger partial charge in [0.15, 0.2) is 11.5 Å². The van der Waals surface area contributed by atoms with E-state index in [4.69, 9.17) is 16.0 Å². The first-order valence-electron chi connectivity index (χ1n) is 5.14. The molecular formula is C12H9ClN2OS. The van der Waals surface area contributed by atoms with Crippen LogP contribution in [0.1, 0.15) is 11.6 Å². The SMILES string of the molecule is Cc1nc2cc(-c3nc(C)c(Cl)s3)ccc2o1. The number of benzene rings is 1. The van der Waals surface area contributed by atoms with Gasteiger partial charge >= 0.3 is 0 Å². The Hall–Kier alpha value is -1.39. The number of aromatic nitrogens is 2. The second-order valence-electron chi connectivity index (χ2n) is 3.79. The first kappa shape index (κ1) is 10.7. The van der Waals surface area contributed by atoms with Gasteiger partial charge in [0.05, 0.1) is 5.69 Å². The minimum Gasteiger partial charge on any atom is -0.441 e. The van der Waals surface area contributed by atoms with Gasteiger partial charge in [0.1, 0.15) is 14.9 Å². The predicted molar refractivity (Wildman–Crippen MR) is 69.6 cm³/mol. The lowest BCUT2D eigenvalue weighted by Gasteiger charge is -1.94. The van der Waals surface area contributed by atoms with Gasteiger partial charge in [-0.05, 0) is 25.1 Å². The zero-order valence-electron chi connectivity index (χ0n) is 9.32. The van der Waals surface area contributed by atoms with Crippen LogP contribution in [0, 0.1) is 13.8 Å². The number of rotatable bonds is 1. The fraction of sp³-hybridized carbons (Fsp3) is 0.167. The average Bonchev–Trinajstić information content (AvgIpc) is 2.80. The molecule has 0 bridgehead atoms. The van der Waals surface area contributed by atoms with Gasteiger partial charge in [0.25, 0.3) is 0 Å². The van der Waals surface area contributed by atoms with Crippen LogP contribution in [0.2, 0.25) is 4.34 Å². The fourth-order valence-electron chi connectivity index (χ4n) is 1.68. The molecule has 0 aliphatic carbocycles. The van der Waals surface area contributed by atoms with Crippen molar-refractivity contribution in [2.24, 2.45) is 0 Å². The number of aryl methyl sites for hydroxylation is 2. The van der Waals surface area contributed by atoms with Gasteiger partial charge in [-0.15, -0.1) is 11.3 Å². The molecular weight excluding hydrogens is 256 g/mol. The Kier molecular flexibility index (Phi) is 2.42. The lowest BCUT2D eigenvalue weighted by atomic mass is 10.2. The Bertz CT molecular complexity index is 682. The van der Waals surface area contributed by atoms with Crippen LogP contribution in [-0.4, -0.2) is 9.97 Å². The Morgan fingerprint density at radius 3 is 2.76 bits per heavy atom. The Morgan fingerprint density at radius 1 is 1.24 bits per heavy atom. The molecule has 1 aromatic carbocycles. The van der Waals surface area contributed by atoms with Crippen molar-refractivity contribution in [3.8, 4) is 10.6 Å². The fourth-order valence-corrected chi connectivity index (χ4v) is 2.73. The molecule has 3 nitrogen and oxygen atoms in total. The third-order valence-corrected chi connectivity index (χ3v) is 3.98. The number of halogens is 1. The minimum absolute atomic E-state index is 0.672. The van der Waals surface area contributed by atoms with E-state index in [1.54, 1.807) is 0 Å². The monoisotopic (exact) mass is 264 g/mol. The van der Waals surface area contributed by atoms with Crippen molar-refractivity contribution in [2.45, 2.75) is 13.8 Å². The lowest BCUT2D eigenvalue weighted by molar-refractivity contribution is 0.561. The summed E-state index contributed by atoms with van der Waals surface area (Å²) in [7, 11) is 0. The molecule has 2 aromatic heterocycles. The molecule has 0 aliphatic heterocycles. The van der Waals surface area contributed by atoms with Crippen molar-refractivity contribution in [1.29, 1.82) is 0 Å². The third-order valence-electron chi connectivity index (χ3n) is 2.48. The van der Waals surface area contributed by atoms with Crippen LogP contribution in [0.4, 0.5) is 0 Å². The first-order chi connectivity index (χ1) is 8.13. The van der Waals surface area contributed by atoms with Crippen molar-refractivity contribution in [2.75, 3.05) is 0 Å². The van der Waals surface area contributed by atoms with Gasteiger partial charge in [-0.3, -0.25) is 0 Å². The Labute approximate surface area is 107 Å². The van der Waals surface area contributed by atoms with E-state index in [0.29, 0.717) is 5.89 Å². The molecule has 0 unspecified atom stereocenters. The van der Waals surface area contributed by atoms with Gasteiger partial charge in [-0.25, -0.2) is 9.97 Å². The maximum Gasteiger partial charge on any atom is 0.192 e. The van der Waals surface area contributed by atoms with Crippen LogP contribution in [0.25, 0.3) is 21.7 Å². The second-order valence-corrected chi connectivity index (χ2v) is 5.39. The van der Waals surface area contributed by atoms with Gasteiger partial charge in [-0.2, -0.15) is 0 Å². The summed E-state index contributed by atoms with van der Waals surface area (Å²) in [6, 6.07) is 5.86. The second kappa shape index (κ2) is 3.82. The third kappa shape index (κ3) is 1.83. The largest absolute Gasteiger partial charge is 0.441 e. The Morgan fingerprint density at radius 2 is 2.06 bits per heavy atom. The van der Waals surface area contributed by atoms with Gasteiger partial charge < -0.3 is 4.42 Å². The number of nitrogens with zero attached hydrogens (tertiary/aromatic N) is 2. The van der Waals surface area contributed by atoms with Crippen molar-refractivity contribution in [3.05, 3.63) is 34.1 Å². The highest BCUT2D eigenvalue weighted by Crippen LogP contribution is 2.32. The molecule has 0 atom stereocenters. The molecule has 3 rings (SSSR count). The van der Waals surface area contributed by atoms with Crippen LogP contribution >= 0.6 is 22.9 Å². The zero-order valence-corrected chi connectivity index (χ0v) is 10.9. The van der Waals surface area contributed by atoms with E-state index in [-0.39, 0.29) is 0 Å². The summed E-state index contributed by atoms with van der Waals surface area (Å²) in [5, 5.41) is 0.912. The summed E-state index contributed by atoms with van der Waals surface area (Å²) in [6.07, 6.45) is 0. The molecule has 0 spiro atoms. The predicted octanol–water partition coefficient (Wildman–Crippen LogP) is 4.22.